The predicted octanol–water partition coefficient (Wildman–Crippen LogP) is 4.12. The quantitative estimate of drug-likeness (QED) is 0.377. The Bertz CT molecular complexity index is 1610. The molecule has 8 nitrogen and oxygen atoms in total. The van der Waals surface area contributed by atoms with Gasteiger partial charge in [-0.05, 0) is 42.9 Å². The van der Waals surface area contributed by atoms with Gasteiger partial charge in [0.2, 0.25) is 0 Å². The molecule has 2 aromatic carbocycles. The first-order valence-electron chi connectivity index (χ1n) is 11.9. The number of methoxy groups -OCH3 is 1. The van der Waals surface area contributed by atoms with E-state index in [1.165, 1.54) is 11.3 Å². The fourth-order valence-electron chi connectivity index (χ4n) is 4.82. The molecule has 1 aliphatic heterocycles. The molecule has 36 heavy (non-hydrogen) atoms. The van der Waals surface area contributed by atoms with Gasteiger partial charge < -0.3 is 29.2 Å². The minimum absolute atomic E-state index is 0.0411. The van der Waals surface area contributed by atoms with Crippen LogP contribution in [0, 0.1) is 0 Å². The number of aromatic hydroxyl groups is 1. The Morgan fingerprint density at radius 2 is 1.86 bits per heavy atom. The molecule has 0 aliphatic carbocycles. The van der Waals surface area contributed by atoms with E-state index in [0.29, 0.717) is 23.3 Å². The Kier molecular flexibility index (Phi) is 5.66. The summed E-state index contributed by atoms with van der Waals surface area (Å²) in [4.78, 5) is 26.4. The highest BCUT2D eigenvalue weighted by molar-refractivity contribution is 7.09. The van der Waals surface area contributed by atoms with Crippen molar-refractivity contribution in [3.05, 3.63) is 69.1 Å². The number of hydrogen-bond donors (Lipinski definition) is 2. The molecule has 3 aromatic heterocycles. The largest absolute Gasteiger partial charge is 0.506 e. The number of likely N-dealkylation sites (N-methyl/N-ethyl adjacent to an activating group) is 1. The second-order valence-corrected chi connectivity index (χ2v) is 9.95. The number of nitrogens with zero attached hydrogens (tertiary/aromatic N) is 4. The summed E-state index contributed by atoms with van der Waals surface area (Å²) in [5.41, 5.74) is 4.29. The lowest BCUT2D eigenvalue weighted by Gasteiger charge is -2.34. The molecule has 0 bridgehead atoms. The Morgan fingerprint density at radius 3 is 2.61 bits per heavy atom. The second kappa shape index (κ2) is 9.00. The van der Waals surface area contributed by atoms with Crippen LogP contribution < -0.4 is 15.2 Å². The number of hydrogen-bond acceptors (Lipinski definition) is 7. The van der Waals surface area contributed by atoms with E-state index in [4.69, 9.17) is 9.72 Å². The summed E-state index contributed by atoms with van der Waals surface area (Å²) in [6.07, 6.45) is 0. The molecule has 1 saturated heterocycles. The summed E-state index contributed by atoms with van der Waals surface area (Å²) in [5, 5.41) is 15.5. The lowest BCUT2D eigenvalue weighted by atomic mass is 10.1. The summed E-state index contributed by atoms with van der Waals surface area (Å²) < 4.78 is 6.96. The fraction of sp³-hybridized carbons (Fsp3) is 0.259. The van der Waals surface area contributed by atoms with Crippen LogP contribution in [-0.2, 0) is 6.54 Å². The highest BCUT2D eigenvalue weighted by Gasteiger charge is 2.22. The first-order valence-corrected chi connectivity index (χ1v) is 12.8. The Morgan fingerprint density at radius 1 is 1.08 bits per heavy atom. The van der Waals surface area contributed by atoms with Crippen molar-refractivity contribution in [1.82, 2.24) is 19.4 Å². The van der Waals surface area contributed by atoms with E-state index in [0.717, 1.165) is 54.2 Å². The molecule has 0 spiro atoms. The average molecular weight is 502 g/mol. The zero-order valence-corrected chi connectivity index (χ0v) is 21.0. The molecular weight excluding hydrogens is 474 g/mol. The van der Waals surface area contributed by atoms with Crippen molar-refractivity contribution in [3.8, 4) is 22.9 Å². The van der Waals surface area contributed by atoms with E-state index in [-0.39, 0.29) is 16.9 Å². The molecule has 0 atom stereocenters. The van der Waals surface area contributed by atoms with E-state index in [9.17, 15) is 9.90 Å². The average Bonchev–Trinajstić information content (AvgIpc) is 3.55. The number of piperazine rings is 1. The van der Waals surface area contributed by atoms with Crippen molar-refractivity contribution >= 4 is 39.0 Å². The number of imidazole rings is 1. The second-order valence-electron chi connectivity index (χ2n) is 9.21. The van der Waals surface area contributed by atoms with Crippen LogP contribution in [0.1, 0.15) is 5.56 Å². The highest BCUT2D eigenvalue weighted by atomic mass is 32.1. The van der Waals surface area contributed by atoms with Gasteiger partial charge in [0, 0.05) is 42.6 Å². The van der Waals surface area contributed by atoms with E-state index in [2.05, 4.69) is 34.0 Å². The van der Waals surface area contributed by atoms with E-state index >= 15 is 0 Å². The maximum Gasteiger partial charge on any atom is 0.266 e. The normalized spacial score (nSPS) is 14.7. The number of ether oxygens (including phenoxy) is 1. The maximum absolute atomic E-state index is 13.8. The number of benzene rings is 2. The number of pyridine rings is 1. The van der Waals surface area contributed by atoms with Crippen LogP contribution in [0.2, 0.25) is 0 Å². The first kappa shape index (κ1) is 22.6. The number of aromatic nitrogens is 3. The lowest BCUT2D eigenvalue weighted by molar-refractivity contribution is 0.313. The van der Waals surface area contributed by atoms with Gasteiger partial charge in [0.15, 0.2) is 0 Å². The monoisotopic (exact) mass is 501 g/mol. The predicted molar refractivity (Wildman–Crippen MR) is 145 cm³/mol. The molecule has 184 valence electrons. The Labute approximate surface area is 212 Å². The maximum atomic E-state index is 13.8. The summed E-state index contributed by atoms with van der Waals surface area (Å²) in [5.74, 6) is 1.09. The van der Waals surface area contributed by atoms with Crippen molar-refractivity contribution in [1.29, 1.82) is 0 Å². The number of nitrogens with one attached hydrogen (secondary N) is 1. The molecular formula is C27H27N5O3S. The number of rotatable bonds is 5. The van der Waals surface area contributed by atoms with Gasteiger partial charge in [-0.3, -0.25) is 4.79 Å². The van der Waals surface area contributed by atoms with E-state index in [1.807, 2.05) is 41.1 Å². The number of H-pyrrole nitrogens is 1. The summed E-state index contributed by atoms with van der Waals surface area (Å²) in [6, 6.07) is 13.8. The van der Waals surface area contributed by atoms with E-state index in [1.54, 1.807) is 11.7 Å². The third kappa shape index (κ3) is 3.90. The Balaban J connectivity index is 1.43. The van der Waals surface area contributed by atoms with Crippen molar-refractivity contribution in [2.45, 2.75) is 6.54 Å². The van der Waals surface area contributed by atoms with Crippen molar-refractivity contribution < 1.29 is 9.84 Å². The van der Waals surface area contributed by atoms with Crippen LogP contribution in [0.15, 0.2) is 58.0 Å². The van der Waals surface area contributed by atoms with E-state index < -0.39 is 0 Å². The van der Waals surface area contributed by atoms with Crippen LogP contribution in [0.5, 0.6) is 11.5 Å². The van der Waals surface area contributed by atoms with Crippen molar-refractivity contribution in [2.75, 3.05) is 45.2 Å². The number of anilines is 1. The van der Waals surface area contributed by atoms with Crippen LogP contribution in [0.25, 0.3) is 33.3 Å². The molecule has 6 rings (SSSR count). The summed E-state index contributed by atoms with van der Waals surface area (Å²) >= 11 is 1.45. The molecule has 1 fully saturated rings. The minimum Gasteiger partial charge on any atom is -0.506 e. The van der Waals surface area contributed by atoms with Gasteiger partial charge in [-0.15, -0.1) is 11.3 Å². The molecule has 0 saturated carbocycles. The molecule has 9 heteroatoms. The SMILES string of the molecule is COc1ccc(Cn2c(=O)c(-c3nc4ccc(N5CCN(C)CC5)cc4[nH]3)c(O)c3cscc32)cc1. The van der Waals surface area contributed by atoms with Gasteiger partial charge in [-0.25, -0.2) is 4.98 Å². The van der Waals surface area contributed by atoms with Crippen LogP contribution in [0.4, 0.5) is 5.69 Å². The first-order chi connectivity index (χ1) is 17.5. The van der Waals surface area contributed by atoms with Gasteiger partial charge in [0.05, 0.1) is 35.6 Å². The van der Waals surface area contributed by atoms with Gasteiger partial charge in [0.1, 0.15) is 22.9 Å². The van der Waals surface area contributed by atoms with Gasteiger partial charge in [0.25, 0.3) is 5.56 Å². The zero-order chi connectivity index (χ0) is 24.8. The summed E-state index contributed by atoms with van der Waals surface area (Å²) in [7, 11) is 3.77. The molecule has 0 unspecified atom stereocenters. The van der Waals surface area contributed by atoms with Gasteiger partial charge in [-0.1, -0.05) is 12.1 Å². The minimum atomic E-state index is -0.285. The fourth-order valence-corrected chi connectivity index (χ4v) is 5.64. The molecule has 1 aliphatic rings. The number of fused-ring (bicyclic) bond motifs is 2. The van der Waals surface area contributed by atoms with Crippen molar-refractivity contribution in [2.24, 2.45) is 0 Å². The van der Waals surface area contributed by atoms with Gasteiger partial charge >= 0.3 is 0 Å². The van der Waals surface area contributed by atoms with Crippen molar-refractivity contribution in [3.63, 3.8) is 0 Å². The van der Waals surface area contributed by atoms with Crippen LogP contribution in [0.3, 0.4) is 0 Å². The smallest absolute Gasteiger partial charge is 0.266 e. The van der Waals surface area contributed by atoms with Crippen LogP contribution >= 0.6 is 11.3 Å². The lowest BCUT2D eigenvalue weighted by Crippen LogP contribution is -2.44. The number of aromatic amines is 1. The highest BCUT2D eigenvalue weighted by Crippen LogP contribution is 2.35. The molecule has 5 aromatic rings. The third-order valence-electron chi connectivity index (χ3n) is 6.95. The topological polar surface area (TPSA) is 86.6 Å². The molecule has 4 heterocycles. The zero-order valence-electron chi connectivity index (χ0n) is 20.2. The summed E-state index contributed by atoms with van der Waals surface area (Å²) in [6.45, 7) is 4.35. The van der Waals surface area contributed by atoms with Crippen LogP contribution in [-0.4, -0.2) is 64.9 Å². The third-order valence-corrected chi connectivity index (χ3v) is 7.68. The van der Waals surface area contributed by atoms with Gasteiger partial charge in [-0.2, -0.15) is 0 Å². The molecule has 2 N–H and O–H groups in total. The Hall–Kier alpha value is -3.82. The number of thiophene rings is 1. The standard InChI is InChI=1S/C27H27N5O3S/c1-30-9-11-31(12-10-30)18-5-8-21-22(13-18)29-26(28-21)24-25(33)20-15-36-16-23(20)32(27(24)34)14-17-3-6-19(35-2)7-4-17/h3-8,13,15-16,33H,9-12,14H2,1-2H3,(H,28,29). The molecule has 0 radical (unpaired) electrons. The molecule has 0 amide bonds.